The van der Waals surface area contributed by atoms with Gasteiger partial charge in [0, 0.05) is 37.0 Å². The van der Waals surface area contributed by atoms with E-state index in [2.05, 4.69) is 4.98 Å². The quantitative estimate of drug-likeness (QED) is 0.587. The van der Waals surface area contributed by atoms with Gasteiger partial charge in [0.05, 0.1) is 5.54 Å². The molecule has 158 valence electrons. The van der Waals surface area contributed by atoms with Gasteiger partial charge in [0.2, 0.25) is 0 Å². The molecule has 0 bridgehead atoms. The molecule has 1 aromatic heterocycles. The molecule has 7 nitrogen and oxygen atoms in total. The number of nitrogens with one attached hydrogen (secondary N) is 2. The molecule has 2 heterocycles. The largest absolute Gasteiger partial charge is 0.504 e. The fourth-order valence-corrected chi connectivity index (χ4v) is 6.06. The van der Waals surface area contributed by atoms with Crippen molar-refractivity contribution in [2.45, 2.75) is 49.7 Å². The molecule has 29 heavy (non-hydrogen) atoms. The zero-order chi connectivity index (χ0) is 20.9. The monoisotopic (exact) mass is 413 g/mol. The second-order valence-corrected chi connectivity index (χ2v) is 8.92. The van der Waals surface area contributed by atoms with E-state index < -0.39 is 64.6 Å². The van der Waals surface area contributed by atoms with Crippen molar-refractivity contribution >= 4 is 5.76 Å². The number of hydrogen-bond acceptors (Lipinski definition) is 5. The molecule has 3 aliphatic carbocycles. The molecule has 0 radical (unpaired) electrons. The van der Waals surface area contributed by atoms with E-state index in [9.17, 15) is 28.6 Å². The smallest absolute Gasteiger partial charge is 0.325 e. The highest BCUT2D eigenvalue weighted by Gasteiger charge is 2.65. The van der Waals surface area contributed by atoms with Crippen LogP contribution >= 0.6 is 0 Å². The van der Waals surface area contributed by atoms with Crippen LogP contribution in [0.1, 0.15) is 43.4 Å². The van der Waals surface area contributed by atoms with Gasteiger partial charge in [-0.1, -0.05) is 6.92 Å². The van der Waals surface area contributed by atoms with Crippen LogP contribution < -0.4 is 11.2 Å². The summed E-state index contributed by atoms with van der Waals surface area (Å²) in [6, 6.07) is 0. The van der Waals surface area contributed by atoms with Crippen LogP contribution in [-0.2, 0) is 0 Å². The van der Waals surface area contributed by atoms with E-state index in [-0.39, 0.29) is 30.3 Å². The standard InChI is InChI=1S/C19H22F3N3O4/c1-7-12-11(16(28)24-17(29)23-12)13(26)14(20)19(7,9-2-3-9)25-5-8-4-18(21,22)15(27)10(8)6-25/h7-10,15,26-27H,2-6H2,1H3,(H2,23,24,28,29). The first-order valence-electron chi connectivity index (χ1n) is 9.86. The number of hydrogen-bond donors (Lipinski definition) is 4. The third-order valence-corrected chi connectivity index (χ3v) is 7.45. The van der Waals surface area contributed by atoms with Crippen LogP contribution in [0.5, 0.6) is 0 Å². The van der Waals surface area contributed by atoms with E-state index >= 15 is 4.39 Å². The molecule has 4 N–H and O–H groups in total. The minimum absolute atomic E-state index is 0.0612. The molecule has 5 rings (SSSR count). The summed E-state index contributed by atoms with van der Waals surface area (Å²) in [5.74, 6) is -6.89. The van der Waals surface area contributed by atoms with Gasteiger partial charge in [-0.3, -0.25) is 14.7 Å². The molecule has 1 saturated heterocycles. The van der Waals surface area contributed by atoms with Gasteiger partial charge in [-0.25, -0.2) is 18.0 Å². The number of H-pyrrole nitrogens is 2. The predicted molar refractivity (Wildman–Crippen MR) is 96.3 cm³/mol. The number of aromatic nitrogens is 2. The average molecular weight is 413 g/mol. The number of likely N-dealkylation sites (tertiary alicyclic amines) is 1. The zero-order valence-electron chi connectivity index (χ0n) is 15.7. The van der Waals surface area contributed by atoms with Crippen molar-refractivity contribution in [2.75, 3.05) is 13.1 Å². The van der Waals surface area contributed by atoms with Crippen molar-refractivity contribution in [3.05, 3.63) is 37.9 Å². The van der Waals surface area contributed by atoms with Gasteiger partial charge >= 0.3 is 5.69 Å². The van der Waals surface area contributed by atoms with Gasteiger partial charge in [0.25, 0.3) is 11.5 Å². The maximum atomic E-state index is 15.8. The first-order valence-corrected chi connectivity index (χ1v) is 9.86. The fraction of sp³-hybridized carbons (Fsp3) is 0.684. The lowest BCUT2D eigenvalue weighted by atomic mass is 9.71. The lowest BCUT2D eigenvalue weighted by Crippen LogP contribution is -2.57. The number of aliphatic hydroxyl groups excluding tert-OH is 2. The molecule has 0 aromatic carbocycles. The second-order valence-electron chi connectivity index (χ2n) is 8.92. The topological polar surface area (TPSA) is 109 Å². The Bertz CT molecular complexity index is 1030. The molecular weight excluding hydrogens is 391 g/mol. The minimum atomic E-state index is -3.16. The number of fused-ring (bicyclic) bond motifs is 2. The number of aromatic amines is 2. The number of alkyl halides is 2. The molecule has 10 heteroatoms. The first kappa shape index (κ1) is 18.9. The summed E-state index contributed by atoms with van der Waals surface area (Å²) >= 11 is 0. The average Bonchev–Trinajstić information content (AvgIpc) is 3.36. The summed E-state index contributed by atoms with van der Waals surface area (Å²) in [5, 5.41) is 20.7. The Morgan fingerprint density at radius 2 is 1.86 bits per heavy atom. The first-order chi connectivity index (χ1) is 13.6. The fourth-order valence-electron chi connectivity index (χ4n) is 6.06. The normalized spacial score (nSPS) is 38.9. The Kier molecular flexibility index (Phi) is 3.75. The highest BCUT2D eigenvalue weighted by molar-refractivity contribution is 5.68. The maximum Gasteiger partial charge on any atom is 0.325 e. The van der Waals surface area contributed by atoms with Crippen molar-refractivity contribution in [1.29, 1.82) is 0 Å². The van der Waals surface area contributed by atoms with Crippen LogP contribution in [0.25, 0.3) is 5.76 Å². The number of rotatable bonds is 2. The van der Waals surface area contributed by atoms with E-state index in [1.807, 2.05) is 4.98 Å². The Balaban J connectivity index is 1.64. The third kappa shape index (κ3) is 2.32. The van der Waals surface area contributed by atoms with Gasteiger partial charge < -0.3 is 15.2 Å². The van der Waals surface area contributed by atoms with E-state index in [0.717, 1.165) is 0 Å². The van der Waals surface area contributed by atoms with Gasteiger partial charge in [-0.05, 0) is 24.7 Å². The Labute approximate surface area is 163 Å². The van der Waals surface area contributed by atoms with Crippen molar-refractivity contribution in [3.8, 4) is 0 Å². The molecule has 2 saturated carbocycles. The number of halogens is 3. The van der Waals surface area contributed by atoms with E-state index in [1.165, 1.54) is 0 Å². The van der Waals surface area contributed by atoms with E-state index in [1.54, 1.807) is 11.8 Å². The van der Waals surface area contributed by atoms with Crippen molar-refractivity contribution in [2.24, 2.45) is 17.8 Å². The van der Waals surface area contributed by atoms with Crippen LogP contribution in [-0.4, -0.2) is 55.7 Å². The molecule has 0 amide bonds. The van der Waals surface area contributed by atoms with Gasteiger partial charge in [0.15, 0.2) is 11.6 Å². The zero-order valence-corrected chi connectivity index (χ0v) is 15.7. The summed E-state index contributed by atoms with van der Waals surface area (Å²) in [4.78, 5) is 30.3. The Morgan fingerprint density at radius 1 is 1.17 bits per heavy atom. The molecule has 1 aromatic rings. The molecular formula is C19H22F3N3O4. The third-order valence-electron chi connectivity index (χ3n) is 7.45. The van der Waals surface area contributed by atoms with E-state index in [0.29, 0.717) is 12.8 Å². The SMILES string of the molecule is CC1c2[nH]c(=O)[nH]c(=O)c2C(O)=C(F)C1(C1CC1)N1CC2CC(F)(F)C(O)C2C1. The molecule has 5 unspecified atom stereocenters. The van der Waals surface area contributed by atoms with Crippen molar-refractivity contribution in [3.63, 3.8) is 0 Å². The summed E-state index contributed by atoms with van der Waals surface area (Å²) in [6.45, 7) is 1.89. The lowest BCUT2D eigenvalue weighted by Gasteiger charge is -2.48. The van der Waals surface area contributed by atoms with Gasteiger partial charge in [-0.2, -0.15) is 0 Å². The van der Waals surface area contributed by atoms with Crippen LogP contribution in [0.2, 0.25) is 0 Å². The summed E-state index contributed by atoms with van der Waals surface area (Å²) in [6.07, 6.45) is -0.894. The van der Waals surface area contributed by atoms with Gasteiger partial charge in [-0.15, -0.1) is 0 Å². The molecule has 1 aliphatic heterocycles. The summed E-state index contributed by atoms with van der Waals surface area (Å²) in [7, 11) is 0. The minimum Gasteiger partial charge on any atom is -0.504 e. The summed E-state index contributed by atoms with van der Waals surface area (Å²) < 4.78 is 43.7. The van der Waals surface area contributed by atoms with Crippen molar-refractivity contribution in [1.82, 2.24) is 14.9 Å². The predicted octanol–water partition coefficient (Wildman–Crippen LogP) is 1.47. The highest BCUT2D eigenvalue weighted by atomic mass is 19.3. The molecule has 5 atom stereocenters. The van der Waals surface area contributed by atoms with Crippen LogP contribution in [0, 0.1) is 17.8 Å². The molecule has 4 aliphatic rings. The lowest BCUT2D eigenvalue weighted by molar-refractivity contribution is -0.104. The Morgan fingerprint density at radius 3 is 2.48 bits per heavy atom. The number of aliphatic hydroxyl groups is 2. The Hall–Kier alpha value is -2.07. The van der Waals surface area contributed by atoms with Gasteiger partial charge in [0.1, 0.15) is 11.7 Å². The van der Waals surface area contributed by atoms with Crippen molar-refractivity contribution < 1.29 is 23.4 Å². The molecule has 3 fully saturated rings. The van der Waals surface area contributed by atoms with Crippen LogP contribution in [0.4, 0.5) is 13.2 Å². The van der Waals surface area contributed by atoms with E-state index in [4.69, 9.17) is 0 Å². The van der Waals surface area contributed by atoms with Crippen LogP contribution in [0.15, 0.2) is 15.4 Å². The highest BCUT2D eigenvalue weighted by Crippen LogP contribution is 2.60. The maximum absolute atomic E-state index is 15.8. The number of nitrogens with zero attached hydrogens (tertiary/aromatic N) is 1. The van der Waals surface area contributed by atoms with Crippen LogP contribution in [0.3, 0.4) is 0 Å². The summed E-state index contributed by atoms with van der Waals surface area (Å²) in [5.41, 5.74) is -3.12. The molecule has 0 spiro atoms. The second kappa shape index (κ2) is 5.75.